The summed E-state index contributed by atoms with van der Waals surface area (Å²) in [4.78, 5) is 13.8. The van der Waals surface area contributed by atoms with E-state index in [1.165, 1.54) is 0 Å². The molecule has 0 spiro atoms. The van der Waals surface area contributed by atoms with Crippen molar-refractivity contribution in [3.05, 3.63) is 81.7 Å². The Kier molecular flexibility index (Phi) is 6.61. The molecule has 5 rings (SSSR count). The van der Waals surface area contributed by atoms with Crippen LogP contribution in [0.1, 0.15) is 28.7 Å². The van der Waals surface area contributed by atoms with Gasteiger partial charge in [0, 0.05) is 42.6 Å². The van der Waals surface area contributed by atoms with Crippen LogP contribution < -0.4 is 0 Å². The predicted octanol–water partition coefficient (Wildman–Crippen LogP) is 4.10. The summed E-state index contributed by atoms with van der Waals surface area (Å²) in [5.74, 6) is 2.67. The Bertz CT molecular complexity index is 1210. The van der Waals surface area contributed by atoms with Crippen LogP contribution in [0, 0.1) is 6.92 Å². The minimum Gasteiger partial charge on any atom is -0.338 e. The van der Waals surface area contributed by atoms with Crippen LogP contribution in [0.15, 0.2) is 62.0 Å². The van der Waals surface area contributed by atoms with E-state index in [1.54, 1.807) is 0 Å². The van der Waals surface area contributed by atoms with Crippen LogP contribution in [0.2, 0.25) is 0 Å². The van der Waals surface area contributed by atoms with Crippen molar-refractivity contribution >= 4 is 15.9 Å². The van der Waals surface area contributed by atoms with Gasteiger partial charge in [0.05, 0.1) is 13.1 Å². The van der Waals surface area contributed by atoms with E-state index in [1.807, 2.05) is 30.3 Å². The van der Waals surface area contributed by atoms with E-state index in [-0.39, 0.29) is 0 Å². The second-order valence-corrected chi connectivity index (χ2v) is 9.21. The van der Waals surface area contributed by atoms with Gasteiger partial charge in [0.15, 0.2) is 5.82 Å². The van der Waals surface area contributed by atoms with E-state index in [2.05, 4.69) is 71.1 Å². The van der Waals surface area contributed by atoms with Gasteiger partial charge in [-0.2, -0.15) is 9.97 Å². The molecule has 1 aliphatic heterocycles. The first-order valence-electron chi connectivity index (χ1n) is 11.0. The Labute approximate surface area is 200 Å². The summed E-state index contributed by atoms with van der Waals surface area (Å²) >= 11 is 3.50. The zero-order valence-electron chi connectivity index (χ0n) is 18.4. The quantitative estimate of drug-likeness (QED) is 0.368. The van der Waals surface area contributed by atoms with Gasteiger partial charge in [-0.25, -0.2) is 0 Å². The van der Waals surface area contributed by atoms with E-state index >= 15 is 0 Å². The molecule has 3 heterocycles. The third kappa shape index (κ3) is 5.55. The second kappa shape index (κ2) is 9.94. The summed E-state index contributed by atoms with van der Waals surface area (Å²) in [7, 11) is 0. The van der Waals surface area contributed by atoms with Crippen molar-refractivity contribution in [2.24, 2.45) is 0 Å². The molecule has 0 atom stereocenters. The smallest absolute Gasteiger partial charge is 0.241 e. The number of rotatable bonds is 7. The first-order chi connectivity index (χ1) is 16.1. The van der Waals surface area contributed by atoms with Gasteiger partial charge in [-0.05, 0) is 30.2 Å². The number of aromatic nitrogens is 4. The van der Waals surface area contributed by atoms with Gasteiger partial charge in [-0.3, -0.25) is 9.80 Å². The monoisotopic (exact) mass is 508 g/mol. The Morgan fingerprint density at radius 3 is 2.27 bits per heavy atom. The maximum Gasteiger partial charge on any atom is 0.241 e. The summed E-state index contributed by atoms with van der Waals surface area (Å²) in [5, 5.41) is 8.31. The molecule has 0 N–H and O–H groups in total. The lowest BCUT2D eigenvalue weighted by Gasteiger charge is -2.32. The van der Waals surface area contributed by atoms with Crippen molar-refractivity contribution in [1.82, 2.24) is 30.1 Å². The molecular weight excluding hydrogens is 484 g/mol. The van der Waals surface area contributed by atoms with Gasteiger partial charge >= 0.3 is 0 Å². The average molecular weight is 509 g/mol. The largest absolute Gasteiger partial charge is 0.338 e. The van der Waals surface area contributed by atoms with Gasteiger partial charge in [0.25, 0.3) is 0 Å². The van der Waals surface area contributed by atoms with Crippen LogP contribution in [0.25, 0.3) is 11.4 Å². The van der Waals surface area contributed by atoms with Crippen molar-refractivity contribution in [2.75, 3.05) is 26.2 Å². The topological polar surface area (TPSA) is 84.3 Å². The minimum atomic E-state index is 0.649. The summed E-state index contributed by atoms with van der Waals surface area (Å²) in [6.45, 7) is 7.05. The van der Waals surface area contributed by atoms with Crippen LogP contribution in [0.5, 0.6) is 0 Å². The summed E-state index contributed by atoms with van der Waals surface area (Å²) in [6, 6.07) is 16.2. The van der Waals surface area contributed by atoms with Crippen LogP contribution in [-0.2, 0) is 19.5 Å². The molecule has 2 aromatic carbocycles. The van der Waals surface area contributed by atoms with E-state index < -0.39 is 0 Å². The molecule has 0 unspecified atom stereocenters. The molecule has 4 aromatic rings. The molecule has 0 saturated carbocycles. The van der Waals surface area contributed by atoms with Crippen LogP contribution in [-0.4, -0.2) is 56.3 Å². The molecule has 8 nitrogen and oxygen atoms in total. The molecule has 33 heavy (non-hydrogen) atoms. The molecular formula is C24H25BrN6O2. The number of benzene rings is 2. The van der Waals surface area contributed by atoms with Crippen molar-refractivity contribution < 1.29 is 9.05 Å². The lowest BCUT2D eigenvalue weighted by molar-refractivity contribution is 0.103. The standard InChI is InChI=1S/C24H25BrN6O2/c1-17-5-2-3-8-20(17)24-27-23(33-29-24)16-31-11-9-30(10-12-31)15-22-26-21(28-32-22)14-18-6-4-7-19(25)13-18/h2-8,13H,9-12,14-16H2,1H3. The van der Waals surface area contributed by atoms with Crippen LogP contribution in [0.3, 0.4) is 0 Å². The fourth-order valence-electron chi connectivity index (χ4n) is 4.00. The van der Waals surface area contributed by atoms with E-state index in [4.69, 9.17) is 9.05 Å². The van der Waals surface area contributed by atoms with Gasteiger partial charge < -0.3 is 9.05 Å². The zero-order chi connectivity index (χ0) is 22.6. The third-order valence-electron chi connectivity index (χ3n) is 5.80. The predicted molar refractivity (Wildman–Crippen MR) is 126 cm³/mol. The van der Waals surface area contributed by atoms with Crippen molar-refractivity contribution in [3.63, 3.8) is 0 Å². The van der Waals surface area contributed by atoms with Crippen LogP contribution in [0.4, 0.5) is 0 Å². The Balaban J connectivity index is 1.11. The Morgan fingerprint density at radius 2 is 1.55 bits per heavy atom. The molecule has 9 heteroatoms. The number of nitrogens with zero attached hydrogens (tertiary/aromatic N) is 6. The minimum absolute atomic E-state index is 0.649. The summed E-state index contributed by atoms with van der Waals surface area (Å²) in [5.41, 5.74) is 3.30. The SMILES string of the molecule is Cc1ccccc1-c1noc(CN2CCN(Cc3nc(Cc4cccc(Br)c4)no3)CC2)n1. The molecule has 1 fully saturated rings. The average Bonchev–Trinajstić information content (AvgIpc) is 3.45. The lowest BCUT2D eigenvalue weighted by atomic mass is 10.1. The number of halogens is 1. The van der Waals surface area contributed by atoms with Crippen molar-refractivity contribution in [1.29, 1.82) is 0 Å². The maximum absolute atomic E-state index is 5.51. The highest BCUT2D eigenvalue weighted by molar-refractivity contribution is 9.10. The molecule has 2 aromatic heterocycles. The molecule has 170 valence electrons. The molecule has 0 radical (unpaired) electrons. The van der Waals surface area contributed by atoms with Crippen molar-refractivity contribution in [2.45, 2.75) is 26.4 Å². The number of aryl methyl sites for hydroxylation is 1. The lowest BCUT2D eigenvalue weighted by Crippen LogP contribution is -2.45. The molecule has 0 amide bonds. The van der Waals surface area contributed by atoms with E-state index in [9.17, 15) is 0 Å². The van der Waals surface area contributed by atoms with Gasteiger partial charge in [0.2, 0.25) is 17.6 Å². The molecule has 1 saturated heterocycles. The van der Waals surface area contributed by atoms with Gasteiger partial charge in [0.1, 0.15) is 0 Å². The first kappa shape index (κ1) is 21.9. The summed E-state index contributed by atoms with van der Waals surface area (Å²) in [6.07, 6.45) is 0.658. The number of hydrogen-bond acceptors (Lipinski definition) is 8. The van der Waals surface area contributed by atoms with Gasteiger partial charge in [-0.15, -0.1) is 0 Å². The normalized spacial score (nSPS) is 15.2. The number of piperazine rings is 1. The van der Waals surface area contributed by atoms with Crippen molar-refractivity contribution in [3.8, 4) is 11.4 Å². The maximum atomic E-state index is 5.51. The number of hydrogen-bond donors (Lipinski definition) is 0. The highest BCUT2D eigenvalue weighted by Gasteiger charge is 2.21. The highest BCUT2D eigenvalue weighted by atomic mass is 79.9. The first-order valence-corrected chi connectivity index (χ1v) is 11.8. The fourth-order valence-corrected chi connectivity index (χ4v) is 4.44. The zero-order valence-corrected chi connectivity index (χ0v) is 20.0. The molecule has 0 bridgehead atoms. The van der Waals surface area contributed by atoms with E-state index in [0.29, 0.717) is 42.9 Å². The molecule has 0 aliphatic carbocycles. The Morgan fingerprint density at radius 1 is 0.848 bits per heavy atom. The Hall–Kier alpha value is -2.88. The fraction of sp³-hybridized carbons (Fsp3) is 0.333. The summed E-state index contributed by atoms with van der Waals surface area (Å²) < 4.78 is 12.0. The third-order valence-corrected chi connectivity index (χ3v) is 6.29. The molecule has 1 aliphatic rings. The van der Waals surface area contributed by atoms with E-state index in [0.717, 1.165) is 47.3 Å². The second-order valence-electron chi connectivity index (χ2n) is 8.29. The van der Waals surface area contributed by atoms with Crippen LogP contribution >= 0.6 is 15.9 Å². The van der Waals surface area contributed by atoms with Gasteiger partial charge in [-0.1, -0.05) is 62.6 Å². The highest BCUT2D eigenvalue weighted by Crippen LogP contribution is 2.20.